The molecule has 0 spiro atoms. The average Bonchev–Trinajstić information content (AvgIpc) is 2.97. The first-order valence-electron chi connectivity index (χ1n) is 9.88. The van der Waals surface area contributed by atoms with E-state index in [-0.39, 0.29) is 11.8 Å². The highest BCUT2D eigenvalue weighted by Crippen LogP contribution is 2.67. The van der Waals surface area contributed by atoms with E-state index in [1.54, 1.807) is 6.08 Å². The highest BCUT2D eigenvalue weighted by molar-refractivity contribution is 5.24. The average molecular weight is 335 g/mol. The lowest BCUT2D eigenvalue weighted by atomic mass is 9.71. The molecule has 1 heterocycles. The summed E-state index contributed by atoms with van der Waals surface area (Å²) >= 11 is 0. The van der Waals surface area contributed by atoms with Gasteiger partial charge in [0.05, 0.1) is 12.2 Å². The second kappa shape index (κ2) is 7.31. The van der Waals surface area contributed by atoms with Crippen molar-refractivity contribution in [3.63, 3.8) is 0 Å². The predicted molar refractivity (Wildman–Crippen MR) is 96.5 cm³/mol. The molecule has 0 amide bonds. The number of ether oxygens (including phenoxy) is 2. The van der Waals surface area contributed by atoms with Crippen LogP contribution in [0.2, 0.25) is 0 Å². The third kappa shape index (κ3) is 2.79. The summed E-state index contributed by atoms with van der Waals surface area (Å²) in [6.45, 7) is 9.47. The van der Waals surface area contributed by atoms with Crippen LogP contribution in [0, 0.1) is 23.7 Å². The lowest BCUT2D eigenvalue weighted by Crippen LogP contribution is -2.53. The lowest BCUT2D eigenvalue weighted by molar-refractivity contribution is -0.304. The number of unbranched alkanes of at least 4 members (excludes halogenated alkanes) is 3. The third-order valence-corrected chi connectivity index (χ3v) is 6.72. The smallest absolute Gasteiger partial charge is 0.174 e. The largest absolute Gasteiger partial charge is 0.385 e. The van der Waals surface area contributed by atoms with Crippen molar-refractivity contribution in [2.24, 2.45) is 23.7 Å². The Bertz CT molecular complexity index is 470. The van der Waals surface area contributed by atoms with E-state index < -0.39 is 11.4 Å². The van der Waals surface area contributed by atoms with E-state index in [2.05, 4.69) is 25.7 Å². The molecule has 0 unspecified atom stereocenters. The normalized spacial score (nSPS) is 43.6. The third-order valence-electron chi connectivity index (χ3n) is 6.72. The Balaban J connectivity index is 1.67. The molecule has 0 aromatic rings. The molecule has 3 heteroatoms. The van der Waals surface area contributed by atoms with E-state index in [1.807, 2.05) is 6.92 Å². The zero-order valence-electron chi connectivity index (χ0n) is 15.4. The molecule has 3 aliphatic rings. The number of hydrogen-bond donors (Lipinski definition) is 1. The summed E-state index contributed by atoms with van der Waals surface area (Å²) in [5.74, 6) is 0.856. The van der Waals surface area contributed by atoms with Gasteiger partial charge >= 0.3 is 0 Å². The summed E-state index contributed by atoms with van der Waals surface area (Å²) in [6.07, 6.45) is 14.3. The first-order valence-corrected chi connectivity index (χ1v) is 9.88. The number of aliphatic hydroxyl groups is 1. The maximum absolute atomic E-state index is 11.4. The first kappa shape index (κ1) is 18.2. The molecule has 3 fully saturated rings. The standard InChI is InChI=1S/C21H34O3/c1-4-7-8-9-10-11-12-16-17-13-14-24-21(23-6-3)15-18(16)20(22,5-2)19(17)21/h4-5,7,16-19,22H,2,6,8-15H2,1,3H3/b7-4+/t16-,17-,18+,19-,20-,21+/m1/s1. The van der Waals surface area contributed by atoms with Crippen LogP contribution >= 0.6 is 0 Å². The van der Waals surface area contributed by atoms with Gasteiger partial charge in [-0.1, -0.05) is 31.1 Å². The predicted octanol–water partition coefficient (Wildman–Crippen LogP) is 4.47. The van der Waals surface area contributed by atoms with Crippen LogP contribution in [-0.2, 0) is 9.47 Å². The minimum absolute atomic E-state index is 0.0641. The zero-order chi connectivity index (χ0) is 17.2. The van der Waals surface area contributed by atoms with Crippen molar-refractivity contribution in [2.75, 3.05) is 13.2 Å². The molecule has 2 aliphatic carbocycles. The van der Waals surface area contributed by atoms with E-state index in [0.29, 0.717) is 18.4 Å². The van der Waals surface area contributed by atoms with Gasteiger partial charge in [-0.15, -0.1) is 6.58 Å². The van der Waals surface area contributed by atoms with Crippen LogP contribution in [0.1, 0.15) is 58.8 Å². The van der Waals surface area contributed by atoms with Crippen molar-refractivity contribution in [3.05, 3.63) is 24.8 Å². The molecule has 3 nitrogen and oxygen atoms in total. The van der Waals surface area contributed by atoms with Gasteiger partial charge in [0.1, 0.15) is 0 Å². The molecule has 2 saturated carbocycles. The van der Waals surface area contributed by atoms with Crippen LogP contribution in [0.15, 0.2) is 24.8 Å². The SMILES string of the molecule is C=C[C@@]1(O)[C@H]2C[C@]3(OCC)OCC[C@H]([C@H]2CCCCC/C=C/C)[C@@H]31. The Morgan fingerprint density at radius 2 is 2.17 bits per heavy atom. The maximum Gasteiger partial charge on any atom is 0.174 e. The number of allylic oxidation sites excluding steroid dienone is 2. The van der Waals surface area contributed by atoms with Crippen molar-refractivity contribution in [1.82, 2.24) is 0 Å². The highest BCUT2D eigenvalue weighted by atomic mass is 16.7. The molecule has 3 rings (SSSR count). The molecule has 1 aliphatic heterocycles. The van der Waals surface area contributed by atoms with Gasteiger partial charge in [-0.25, -0.2) is 0 Å². The van der Waals surface area contributed by atoms with Gasteiger partial charge in [0.2, 0.25) is 0 Å². The number of hydrogen-bond acceptors (Lipinski definition) is 3. The summed E-state index contributed by atoms with van der Waals surface area (Å²) in [6, 6.07) is 0. The van der Waals surface area contributed by atoms with Crippen molar-refractivity contribution in [2.45, 2.75) is 70.2 Å². The van der Waals surface area contributed by atoms with Gasteiger partial charge < -0.3 is 14.6 Å². The van der Waals surface area contributed by atoms with Crippen LogP contribution in [0.3, 0.4) is 0 Å². The summed E-state index contributed by atoms with van der Waals surface area (Å²) in [7, 11) is 0. The molecular formula is C21H34O3. The molecule has 0 aromatic heterocycles. The summed E-state index contributed by atoms with van der Waals surface area (Å²) in [5.41, 5.74) is -0.810. The van der Waals surface area contributed by atoms with Crippen LogP contribution in [0.5, 0.6) is 0 Å². The second-order valence-corrected chi connectivity index (χ2v) is 7.80. The minimum Gasteiger partial charge on any atom is -0.385 e. The van der Waals surface area contributed by atoms with Crippen molar-refractivity contribution in [1.29, 1.82) is 0 Å². The Kier molecular flexibility index (Phi) is 5.53. The quantitative estimate of drug-likeness (QED) is 0.499. The van der Waals surface area contributed by atoms with E-state index >= 15 is 0 Å². The van der Waals surface area contributed by atoms with Gasteiger partial charge in [0.15, 0.2) is 5.79 Å². The Morgan fingerprint density at radius 1 is 1.33 bits per heavy atom. The molecule has 0 radical (unpaired) electrons. The fraction of sp³-hybridized carbons (Fsp3) is 0.810. The molecular weight excluding hydrogens is 300 g/mol. The van der Waals surface area contributed by atoms with Gasteiger partial charge in [-0.2, -0.15) is 0 Å². The van der Waals surface area contributed by atoms with Crippen molar-refractivity contribution >= 4 is 0 Å². The summed E-state index contributed by atoms with van der Waals surface area (Å²) in [4.78, 5) is 0. The molecule has 2 bridgehead atoms. The molecule has 24 heavy (non-hydrogen) atoms. The highest BCUT2D eigenvalue weighted by Gasteiger charge is 2.73. The van der Waals surface area contributed by atoms with Gasteiger partial charge in [-0.05, 0) is 57.3 Å². The second-order valence-electron chi connectivity index (χ2n) is 7.80. The van der Waals surface area contributed by atoms with Crippen LogP contribution < -0.4 is 0 Å². The minimum atomic E-state index is -0.810. The molecule has 0 aromatic carbocycles. The molecule has 1 saturated heterocycles. The van der Waals surface area contributed by atoms with E-state index in [9.17, 15) is 5.11 Å². The molecule has 136 valence electrons. The fourth-order valence-electron chi connectivity index (χ4n) is 5.90. The van der Waals surface area contributed by atoms with Gasteiger partial charge in [-0.3, -0.25) is 0 Å². The molecule has 1 N–H and O–H groups in total. The number of rotatable bonds is 9. The van der Waals surface area contributed by atoms with Gasteiger partial charge in [0.25, 0.3) is 0 Å². The van der Waals surface area contributed by atoms with Crippen LogP contribution in [-0.4, -0.2) is 29.7 Å². The summed E-state index contributed by atoms with van der Waals surface area (Å²) in [5, 5.41) is 11.4. The van der Waals surface area contributed by atoms with E-state index in [0.717, 1.165) is 19.4 Å². The van der Waals surface area contributed by atoms with E-state index in [4.69, 9.17) is 9.47 Å². The topological polar surface area (TPSA) is 38.7 Å². The first-order chi connectivity index (χ1) is 11.6. The van der Waals surface area contributed by atoms with Crippen molar-refractivity contribution in [3.8, 4) is 0 Å². The van der Waals surface area contributed by atoms with E-state index in [1.165, 1.54) is 32.1 Å². The van der Waals surface area contributed by atoms with Crippen LogP contribution in [0.4, 0.5) is 0 Å². The number of fused-ring (bicyclic) bond motifs is 1. The lowest BCUT2D eigenvalue weighted by Gasteiger charge is -2.48. The summed E-state index contributed by atoms with van der Waals surface area (Å²) < 4.78 is 12.2. The van der Waals surface area contributed by atoms with Crippen molar-refractivity contribution < 1.29 is 14.6 Å². The van der Waals surface area contributed by atoms with Crippen LogP contribution in [0.25, 0.3) is 0 Å². The Morgan fingerprint density at radius 3 is 2.88 bits per heavy atom. The maximum atomic E-state index is 11.4. The van der Waals surface area contributed by atoms with Gasteiger partial charge in [0, 0.05) is 18.9 Å². The fourth-order valence-corrected chi connectivity index (χ4v) is 5.90. The Labute approximate surface area is 147 Å². The Hall–Kier alpha value is -0.640. The zero-order valence-corrected chi connectivity index (χ0v) is 15.4. The molecule has 6 atom stereocenters. The monoisotopic (exact) mass is 334 g/mol.